The number of hydrogen-bond acceptors (Lipinski definition) is 2. The lowest BCUT2D eigenvalue weighted by Crippen LogP contribution is -2.39. The van der Waals surface area contributed by atoms with Crippen LogP contribution in [0.25, 0.3) is 0 Å². The van der Waals surface area contributed by atoms with Gasteiger partial charge in [-0.25, -0.2) is 0 Å². The van der Waals surface area contributed by atoms with Gasteiger partial charge < -0.3 is 8.23 Å². The molecule has 6 heteroatoms. The van der Waals surface area contributed by atoms with Crippen LogP contribution in [0, 0.1) is 0 Å². The van der Waals surface area contributed by atoms with Gasteiger partial charge in [0.1, 0.15) is 0 Å². The maximum absolute atomic E-state index is 6.10. The second-order valence-corrected chi connectivity index (χ2v) is 16.4. The predicted octanol–water partition coefficient (Wildman–Crippen LogP) is 0.526. The van der Waals surface area contributed by atoms with Crippen molar-refractivity contribution in [2.75, 3.05) is 0 Å². The van der Waals surface area contributed by atoms with E-state index in [1.165, 1.54) is 11.3 Å². The zero-order valence-electron chi connectivity index (χ0n) is 8.54. The molecule has 1 heterocycles. The summed E-state index contributed by atoms with van der Waals surface area (Å²) in [4.78, 5) is 0. The van der Waals surface area contributed by atoms with Gasteiger partial charge in [0.15, 0.2) is 36.2 Å². The van der Waals surface area contributed by atoms with E-state index < -0.39 is 36.2 Å². The van der Waals surface area contributed by atoms with Crippen molar-refractivity contribution in [1.82, 2.24) is 0 Å². The Balaban J connectivity index is 2.45. The Morgan fingerprint density at radius 1 is 0.667 bits per heavy atom. The van der Waals surface area contributed by atoms with Crippen molar-refractivity contribution >= 4 is 36.2 Å². The largest absolute Gasteiger partial charge is 0.461 e. The maximum atomic E-state index is 6.10. The van der Waals surface area contributed by atoms with E-state index in [1.807, 2.05) is 0 Å². The van der Waals surface area contributed by atoms with Gasteiger partial charge in [-0.2, -0.15) is 0 Å². The topological polar surface area (TPSA) is 18.5 Å². The minimum atomic E-state index is -0.791. The third-order valence-corrected chi connectivity index (χ3v) is 20.3. The first kappa shape index (κ1) is 10.9. The summed E-state index contributed by atoms with van der Waals surface area (Å²) < 4.78 is 12.2. The molecule has 0 aromatic rings. The van der Waals surface area contributed by atoms with E-state index in [0.717, 1.165) is 0 Å². The van der Waals surface area contributed by atoms with E-state index in [0.29, 0.717) is 0 Å². The molecule has 1 saturated heterocycles. The summed E-state index contributed by atoms with van der Waals surface area (Å²) in [6, 6.07) is 0. The van der Waals surface area contributed by atoms with Crippen molar-refractivity contribution in [2.45, 2.75) is 37.5 Å². The molecular formula is C6H20O2Si4. The summed E-state index contributed by atoms with van der Waals surface area (Å²) in [7, 11) is -3.16. The van der Waals surface area contributed by atoms with Crippen LogP contribution in [0.3, 0.4) is 0 Å². The Kier molecular flexibility index (Phi) is 4.41. The Labute approximate surface area is 82.2 Å². The van der Waals surface area contributed by atoms with Gasteiger partial charge >= 0.3 is 0 Å². The van der Waals surface area contributed by atoms with Crippen LogP contribution in [0.1, 0.15) is 0 Å². The van der Waals surface area contributed by atoms with Crippen LogP contribution < -0.4 is 0 Å². The SMILES string of the molecule is C[SiH]1C[SiH](C)O[SiH](C)C[SiH](C)O1. The predicted molar refractivity (Wildman–Crippen MR) is 63.8 cm³/mol. The van der Waals surface area contributed by atoms with Gasteiger partial charge in [-0.15, -0.1) is 0 Å². The molecule has 0 aromatic heterocycles. The van der Waals surface area contributed by atoms with E-state index in [2.05, 4.69) is 26.2 Å². The van der Waals surface area contributed by atoms with E-state index in [9.17, 15) is 0 Å². The zero-order valence-corrected chi connectivity index (χ0v) is 13.2. The fourth-order valence-electron chi connectivity index (χ4n) is 1.95. The molecule has 1 aliphatic rings. The fourth-order valence-corrected chi connectivity index (χ4v) is 21.6. The molecule has 0 aliphatic carbocycles. The highest BCUT2D eigenvalue weighted by Crippen LogP contribution is 2.12. The smallest absolute Gasteiger partial charge is 0.159 e. The van der Waals surface area contributed by atoms with Gasteiger partial charge in [0.2, 0.25) is 0 Å². The lowest BCUT2D eigenvalue weighted by atomic mass is 11.8. The number of rotatable bonds is 0. The zero-order chi connectivity index (χ0) is 9.14. The van der Waals surface area contributed by atoms with Crippen molar-refractivity contribution in [1.29, 1.82) is 0 Å². The van der Waals surface area contributed by atoms with Crippen LogP contribution in [0.5, 0.6) is 0 Å². The Bertz CT molecular complexity index is 106. The van der Waals surface area contributed by atoms with E-state index in [-0.39, 0.29) is 0 Å². The van der Waals surface area contributed by atoms with Gasteiger partial charge in [-0.05, 0) is 37.5 Å². The molecular weight excluding hydrogens is 216 g/mol. The highest BCUT2D eigenvalue weighted by atomic mass is 28.4. The van der Waals surface area contributed by atoms with E-state index in [4.69, 9.17) is 8.23 Å². The highest BCUT2D eigenvalue weighted by molar-refractivity contribution is 6.83. The van der Waals surface area contributed by atoms with Crippen molar-refractivity contribution in [3.63, 3.8) is 0 Å². The summed E-state index contributed by atoms with van der Waals surface area (Å²) in [5.41, 5.74) is 2.71. The molecule has 2 nitrogen and oxygen atoms in total. The van der Waals surface area contributed by atoms with Crippen LogP contribution in [0.2, 0.25) is 37.5 Å². The molecule has 0 amide bonds. The van der Waals surface area contributed by atoms with Crippen LogP contribution in [0.4, 0.5) is 0 Å². The van der Waals surface area contributed by atoms with Gasteiger partial charge in [-0.3, -0.25) is 0 Å². The van der Waals surface area contributed by atoms with Gasteiger partial charge in [0.05, 0.1) is 0 Å². The quantitative estimate of drug-likeness (QED) is 0.571. The summed E-state index contributed by atoms with van der Waals surface area (Å²) in [5, 5.41) is 0. The molecule has 1 aliphatic heterocycles. The maximum Gasteiger partial charge on any atom is 0.159 e. The normalized spacial score (nSPS) is 45.0. The minimum Gasteiger partial charge on any atom is -0.461 e. The van der Waals surface area contributed by atoms with Crippen LogP contribution in [0.15, 0.2) is 0 Å². The average molecular weight is 237 g/mol. The second-order valence-electron chi connectivity index (χ2n) is 3.99. The Morgan fingerprint density at radius 3 is 1.17 bits per heavy atom. The summed E-state index contributed by atoms with van der Waals surface area (Å²) >= 11 is 0. The van der Waals surface area contributed by atoms with Crippen molar-refractivity contribution < 1.29 is 8.23 Å². The van der Waals surface area contributed by atoms with Crippen LogP contribution >= 0.6 is 0 Å². The van der Waals surface area contributed by atoms with Gasteiger partial charge in [-0.1, -0.05) is 0 Å². The molecule has 4 unspecified atom stereocenters. The first-order valence-corrected chi connectivity index (χ1v) is 14.7. The molecule has 0 aromatic carbocycles. The standard InChI is InChI=1S/C6H20O2Si4/c1-9-5-10(2)8-12(4)6-11(3)7-9/h9-12H,5-6H2,1-4H3. The van der Waals surface area contributed by atoms with E-state index in [1.54, 1.807) is 0 Å². The third-order valence-electron chi connectivity index (χ3n) is 2.26. The summed E-state index contributed by atoms with van der Waals surface area (Å²) in [6.07, 6.45) is 0. The molecule has 0 N–H and O–H groups in total. The van der Waals surface area contributed by atoms with E-state index >= 15 is 0 Å². The number of hydrogen-bond donors (Lipinski definition) is 0. The van der Waals surface area contributed by atoms with Crippen LogP contribution in [-0.4, -0.2) is 36.2 Å². The molecule has 1 fully saturated rings. The highest BCUT2D eigenvalue weighted by Gasteiger charge is 2.24. The van der Waals surface area contributed by atoms with Crippen LogP contribution in [-0.2, 0) is 8.23 Å². The lowest BCUT2D eigenvalue weighted by Gasteiger charge is -2.28. The minimum absolute atomic E-state index is 0.791. The molecule has 1 rings (SSSR count). The molecule has 12 heavy (non-hydrogen) atoms. The Morgan fingerprint density at radius 2 is 0.917 bits per heavy atom. The van der Waals surface area contributed by atoms with Gasteiger partial charge in [0, 0.05) is 0 Å². The lowest BCUT2D eigenvalue weighted by molar-refractivity contribution is 0.559. The Hall–Kier alpha value is 0.788. The summed E-state index contributed by atoms with van der Waals surface area (Å²) in [6.45, 7) is 9.36. The molecule has 4 atom stereocenters. The molecule has 0 bridgehead atoms. The van der Waals surface area contributed by atoms with Crippen molar-refractivity contribution in [3.05, 3.63) is 0 Å². The monoisotopic (exact) mass is 236 g/mol. The molecule has 0 spiro atoms. The first-order valence-electron chi connectivity index (χ1n) is 4.89. The average Bonchev–Trinajstić information content (AvgIpc) is 1.81. The first-order chi connectivity index (χ1) is 5.58. The van der Waals surface area contributed by atoms with Gasteiger partial charge in [0.25, 0.3) is 0 Å². The molecule has 0 radical (unpaired) electrons. The molecule has 72 valence electrons. The fraction of sp³-hybridized carbons (Fsp3) is 1.00. The second kappa shape index (κ2) is 4.87. The molecule has 0 saturated carbocycles. The third kappa shape index (κ3) is 3.67. The van der Waals surface area contributed by atoms with Crippen molar-refractivity contribution in [2.24, 2.45) is 0 Å². The summed E-state index contributed by atoms with van der Waals surface area (Å²) in [5.74, 6) is 0. The van der Waals surface area contributed by atoms with Crippen molar-refractivity contribution in [3.8, 4) is 0 Å².